The first-order valence-electron chi connectivity index (χ1n) is 10.2. The van der Waals surface area contributed by atoms with Crippen molar-refractivity contribution in [3.05, 3.63) is 41.7 Å². The van der Waals surface area contributed by atoms with Crippen LogP contribution < -0.4 is 15.8 Å². The summed E-state index contributed by atoms with van der Waals surface area (Å²) in [5.41, 5.74) is 5.26. The number of amidine groups is 1. The summed E-state index contributed by atoms with van der Waals surface area (Å²) in [7, 11) is 0. The van der Waals surface area contributed by atoms with Crippen LogP contribution in [0.15, 0.2) is 35.5 Å². The third kappa shape index (κ3) is 2.87. The Kier molecular flexibility index (Phi) is 4.45. The Bertz CT molecular complexity index is 1110. The molecule has 1 aromatic heterocycles. The van der Waals surface area contributed by atoms with Crippen LogP contribution in [0.2, 0.25) is 0 Å². The zero-order valence-corrected chi connectivity index (χ0v) is 17.6. The van der Waals surface area contributed by atoms with Gasteiger partial charge < -0.3 is 25.3 Å². The molecule has 1 amide bonds. The fraction of sp³-hybridized carbons (Fsp3) is 0.476. The number of benzene rings is 1. The minimum Gasteiger partial charge on any atom is -0.487 e. The van der Waals surface area contributed by atoms with Crippen LogP contribution >= 0.6 is 0 Å². The topological polar surface area (TPSA) is 113 Å². The van der Waals surface area contributed by atoms with Crippen molar-refractivity contribution in [2.24, 2.45) is 16.1 Å². The number of nitrogens with one attached hydrogen (secondary N) is 1. The van der Waals surface area contributed by atoms with E-state index in [1.165, 1.54) is 12.3 Å². The quantitative estimate of drug-likeness (QED) is 0.743. The van der Waals surface area contributed by atoms with Gasteiger partial charge in [0.15, 0.2) is 5.69 Å². The maximum Gasteiger partial charge on any atom is 0.283 e. The van der Waals surface area contributed by atoms with E-state index in [4.69, 9.17) is 24.9 Å². The second-order valence-corrected chi connectivity index (χ2v) is 8.77. The maximum absolute atomic E-state index is 12.6. The molecule has 1 fully saturated rings. The maximum atomic E-state index is 12.6. The normalized spacial score (nSPS) is 24.5. The molecule has 0 radical (unpaired) electrons. The highest BCUT2D eigenvalue weighted by Crippen LogP contribution is 2.62. The largest absolute Gasteiger partial charge is 0.487 e. The molecule has 1 atom stereocenters. The summed E-state index contributed by atoms with van der Waals surface area (Å²) < 4.78 is 43.7. The molecule has 2 aromatic rings. The SMILES string of the molecule is CC1(C)Oc2ccc(NC(=O)c3ccn(CC(F)F)n3)cc2C2(COC(N)=N2)C12COC2. The molecule has 1 unspecified atom stereocenters. The Morgan fingerprint density at radius 3 is 2.69 bits per heavy atom. The zero-order valence-electron chi connectivity index (χ0n) is 17.6. The number of carbonyl (C=O) groups excluding carboxylic acids is 1. The van der Waals surface area contributed by atoms with Crippen molar-refractivity contribution in [1.82, 2.24) is 9.78 Å². The van der Waals surface area contributed by atoms with Gasteiger partial charge in [-0.1, -0.05) is 0 Å². The van der Waals surface area contributed by atoms with Crippen LogP contribution in [0.3, 0.4) is 0 Å². The van der Waals surface area contributed by atoms with Crippen LogP contribution in [0, 0.1) is 5.41 Å². The Morgan fingerprint density at radius 2 is 2.06 bits per heavy atom. The first kappa shape index (κ1) is 20.7. The van der Waals surface area contributed by atoms with E-state index in [0.29, 0.717) is 24.7 Å². The summed E-state index contributed by atoms with van der Waals surface area (Å²) in [5.74, 6) is 0.102. The van der Waals surface area contributed by atoms with Crippen molar-refractivity contribution in [3.8, 4) is 5.75 Å². The lowest BCUT2D eigenvalue weighted by atomic mass is 9.55. The number of hydrogen-bond acceptors (Lipinski definition) is 7. The summed E-state index contributed by atoms with van der Waals surface area (Å²) in [6, 6.07) is 6.73. The highest BCUT2D eigenvalue weighted by molar-refractivity contribution is 6.02. The molecule has 0 bridgehead atoms. The molecule has 1 saturated heterocycles. The van der Waals surface area contributed by atoms with Gasteiger partial charge in [-0.15, -0.1) is 0 Å². The molecule has 3 aliphatic heterocycles. The number of hydrogen-bond donors (Lipinski definition) is 2. The third-order valence-electron chi connectivity index (χ3n) is 6.62. The summed E-state index contributed by atoms with van der Waals surface area (Å²) in [5, 5.41) is 6.67. The lowest BCUT2D eigenvalue weighted by Crippen LogP contribution is -2.71. The van der Waals surface area contributed by atoms with Gasteiger partial charge in [0.05, 0.1) is 18.6 Å². The number of aromatic nitrogens is 2. The van der Waals surface area contributed by atoms with Crippen molar-refractivity contribution >= 4 is 17.6 Å². The van der Waals surface area contributed by atoms with Crippen molar-refractivity contribution in [3.63, 3.8) is 0 Å². The number of rotatable bonds is 4. The van der Waals surface area contributed by atoms with Gasteiger partial charge in [0, 0.05) is 17.4 Å². The molecule has 4 heterocycles. The number of nitrogens with zero attached hydrogens (tertiary/aromatic N) is 3. The fourth-order valence-electron chi connectivity index (χ4n) is 4.78. The molecule has 2 spiro atoms. The number of nitrogens with two attached hydrogens (primary N) is 1. The van der Waals surface area contributed by atoms with Crippen LogP contribution in [0.1, 0.15) is 29.9 Å². The molecular formula is C21H23F2N5O4. The van der Waals surface area contributed by atoms with Crippen LogP contribution in [0.5, 0.6) is 5.75 Å². The van der Waals surface area contributed by atoms with Gasteiger partial charge in [-0.05, 0) is 38.1 Å². The van der Waals surface area contributed by atoms with Crippen molar-refractivity contribution in [2.45, 2.75) is 38.0 Å². The number of amides is 1. The molecule has 9 nitrogen and oxygen atoms in total. The van der Waals surface area contributed by atoms with E-state index in [1.807, 2.05) is 13.8 Å². The molecule has 0 aliphatic carbocycles. The number of halogens is 2. The van der Waals surface area contributed by atoms with Crippen molar-refractivity contribution in [2.75, 3.05) is 25.1 Å². The van der Waals surface area contributed by atoms with Gasteiger partial charge in [0.1, 0.15) is 30.0 Å². The highest BCUT2D eigenvalue weighted by Gasteiger charge is 2.71. The Labute approximate surface area is 182 Å². The van der Waals surface area contributed by atoms with Gasteiger partial charge >= 0.3 is 0 Å². The Morgan fingerprint density at radius 1 is 1.28 bits per heavy atom. The van der Waals surface area contributed by atoms with E-state index >= 15 is 0 Å². The van der Waals surface area contributed by atoms with Gasteiger partial charge in [-0.3, -0.25) is 9.48 Å². The Balaban J connectivity index is 1.49. The smallest absolute Gasteiger partial charge is 0.283 e. The average Bonchev–Trinajstić information content (AvgIpc) is 3.28. The molecule has 1 aromatic carbocycles. The zero-order chi connectivity index (χ0) is 22.7. The van der Waals surface area contributed by atoms with E-state index in [2.05, 4.69) is 10.4 Å². The van der Waals surface area contributed by atoms with Crippen LogP contribution in [0.4, 0.5) is 14.5 Å². The minimum atomic E-state index is -2.56. The molecule has 11 heteroatoms. The van der Waals surface area contributed by atoms with Crippen LogP contribution in [-0.2, 0) is 21.6 Å². The number of aliphatic imine (C=N–C) groups is 1. The molecular weight excluding hydrogens is 424 g/mol. The number of anilines is 1. The Hall–Kier alpha value is -3.21. The van der Waals surface area contributed by atoms with E-state index in [9.17, 15) is 13.6 Å². The second kappa shape index (κ2) is 6.89. The van der Waals surface area contributed by atoms with Gasteiger partial charge in [0.25, 0.3) is 18.4 Å². The predicted molar refractivity (Wildman–Crippen MR) is 110 cm³/mol. The third-order valence-corrected chi connectivity index (χ3v) is 6.62. The molecule has 3 aliphatic rings. The molecule has 0 saturated carbocycles. The number of alkyl halides is 2. The first-order chi connectivity index (χ1) is 15.2. The fourth-order valence-corrected chi connectivity index (χ4v) is 4.78. The monoisotopic (exact) mass is 447 g/mol. The van der Waals surface area contributed by atoms with E-state index in [0.717, 1.165) is 10.2 Å². The van der Waals surface area contributed by atoms with Gasteiger partial charge in [0.2, 0.25) is 0 Å². The number of carbonyl (C=O) groups is 1. The summed E-state index contributed by atoms with van der Waals surface area (Å²) in [6.45, 7) is 4.50. The van der Waals surface area contributed by atoms with E-state index < -0.39 is 35.4 Å². The summed E-state index contributed by atoms with van der Waals surface area (Å²) in [4.78, 5) is 17.4. The average molecular weight is 447 g/mol. The van der Waals surface area contributed by atoms with Crippen molar-refractivity contribution in [1.29, 1.82) is 0 Å². The van der Waals surface area contributed by atoms with Crippen LogP contribution in [0.25, 0.3) is 0 Å². The first-order valence-corrected chi connectivity index (χ1v) is 10.2. The molecule has 32 heavy (non-hydrogen) atoms. The molecule has 170 valence electrons. The number of ether oxygens (including phenoxy) is 3. The summed E-state index contributed by atoms with van der Waals surface area (Å²) >= 11 is 0. The predicted octanol–water partition coefficient (Wildman–Crippen LogP) is 2.13. The van der Waals surface area contributed by atoms with Gasteiger partial charge in [-0.25, -0.2) is 13.8 Å². The second-order valence-electron chi connectivity index (χ2n) is 8.77. The van der Waals surface area contributed by atoms with Crippen molar-refractivity contribution < 1.29 is 27.8 Å². The molecule has 5 rings (SSSR count). The highest BCUT2D eigenvalue weighted by atomic mass is 19.3. The molecule has 3 N–H and O–H groups in total. The minimum absolute atomic E-state index is 0.0331. The van der Waals surface area contributed by atoms with Crippen LogP contribution in [-0.4, -0.2) is 53.6 Å². The lowest BCUT2D eigenvalue weighted by molar-refractivity contribution is -0.247. The van der Waals surface area contributed by atoms with E-state index in [-0.39, 0.29) is 18.3 Å². The van der Waals surface area contributed by atoms with E-state index in [1.54, 1.807) is 18.2 Å². The standard InChI is InChI=1S/C21H23F2N5O4/c1-19(2)20(9-30-10-20)21(11-31-18(24)26-21)13-7-12(3-4-15(13)32-19)25-17(29)14-5-6-28(27-14)8-16(22)23/h3-7,16H,8-11H2,1-2H3,(H2,24,26)(H,25,29). The summed E-state index contributed by atoms with van der Waals surface area (Å²) in [6.07, 6.45) is -1.22. The number of fused-ring (bicyclic) bond motifs is 3. The lowest BCUT2D eigenvalue weighted by Gasteiger charge is -2.61. The van der Waals surface area contributed by atoms with Gasteiger partial charge in [-0.2, -0.15) is 5.10 Å².